The zero-order valence-electron chi connectivity index (χ0n) is 14.5. The number of amides is 1. The number of nitrogens with two attached hydrogens (primary N) is 1. The van der Waals surface area contributed by atoms with E-state index >= 15 is 0 Å². The number of hydrogen-bond acceptors (Lipinski definition) is 9. The minimum atomic E-state index is -0.237. The number of carbonyl (C=O) groups excluding carboxylic acids is 1. The monoisotopic (exact) mass is 419 g/mol. The third-order valence-electron chi connectivity index (χ3n) is 4.01. The quantitative estimate of drug-likeness (QED) is 0.336. The van der Waals surface area contributed by atoms with E-state index in [-0.39, 0.29) is 35.1 Å². The number of anilines is 1. The summed E-state index contributed by atoms with van der Waals surface area (Å²) in [4.78, 5) is 21.5. The van der Waals surface area contributed by atoms with Crippen LogP contribution in [0.4, 0.5) is 5.95 Å². The van der Waals surface area contributed by atoms with Gasteiger partial charge < -0.3 is 25.7 Å². The molecule has 1 aromatic carbocycles. The first-order valence-electron chi connectivity index (χ1n) is 8.19. The number of aromatic nitrogens is 2. The Labute approximate surface area is 167 Å². The van der Waals surface area contributed by atoms with Crippen LogP contribution in [0.1, 0.15) is 27.9 Å². The van der Waals surface area contributed by atoms with Gasteiger partial charge in [-0.3, -0.25) is 4.79 Å². The summed E-state index contributed by atoms with van der Waals surface area (Å²) in [6.45, 7) is 2.39. The summed E-state index contributed by atoms with van der Waals surface area (Å²) in [5, 5.41) is 16.7. The standard InChI is InChI=1S/C17H14ClN5O4S/c1-2-20-15(24)12-4-8-13(21-17(19)22-16(8)28-12)14(23-25)7-3-10-11(5-9(7)18)27-6-26-10/h3-5,25H,2,6H2,1H3,(H,20,24)(H2,19,21,22). The maximum atomic E-state index is 12.2. The molecule has 0 fully saturated rings. The summed E-state index contributed by atoms with van der Waals surface area (Å²) in [5.74, 6) is 0.697. The maximum Gasteiger partial charge on any atom is 0.261 e. The molecular weight excluding hydrogens is 406 g/mol. The molecule has 9 nitrogen and oxygen atoms in total. The van der Waals surface area contributed by atoms with E-state index in [0.29, 0.717) is 38.7 Å². The highest BCUT2D eigenvalue weighted by Crippen LogP contribution is 2.38. The van der Waals surface area contributed by atoms with Crippen molar-refractivity contribution in [3.63, 3.8) is 0 Å². The van der Waals surface area contributed by atoms with Gasteiger partial charge in [0.15, 0.2) is 11.5 Å². The normalized spacial score (nSPS) is 13.1. The predicted octanol–water partition coefficient (Wildman–Crippen LogP) is 2.63. The lowest BCUT2D eigenvalue weighted by Gasteiger charge is -2.09. The molecule has 3 aromatic rings. The molecule has 144 valence electrons. The summed E-state index contributed by atoms with van der Waals surface area (Å²) >= 11 is 7.52. The van der Waals surface area contributed by atoms with Crippen LogP contribution in [-0.2, 0) is 0 Å². The minimum absolute atomic E-state index is 0.0233. The van der Waals surface area contributed by atoms with Gasteiger partial charge in [0.25, 0.3) is 5.91 Å². The molecule has 0 radical (unpaired) electrons. The average Bonchev–Trinajstić information content (AvgIpc) is 3.28. The van der Waals surface area contributed by atoms with E-state index in [0.717, 1.165) is 11.3 Å². The Morgan fingerprint density at radius 1 is 1.36 bits per heavy atom. The van der Waals surface area contributed by atoms with Gasteiger partial charge in [-0.05, 0) is 19.1 Å². The Hall–Kier alpha value is -3.11. The molecule has 3 heterocycles. The number of carbonyl (C=O) groups is 1. The van der Waals surface area contributed by atoms with Crippen LogP contribution in [0.3, 0.4) is 0 Å². The second kappa shape index (κ2) is 7.13. The number of thiophene rings is 1. The number of nitrogens with one attached hydrogen (secondary N) is 1. The van der Waals surface area contributed by atoms with Gasteiger partial charge in [-0.1, -0.05) is 16.8 Å². The van der Waals surface area contributed by atoms with Gasteiger partial charge in [-0.25, -0.2) is 9.97 Å². The fraction of sp³-hybridized carbons (Fsp3) is 0.176. The molecule has 0 atom stereocenters. The van der Waals surface area contributed by atoms with Crippen molar-refractivity contribution in [2.45, 2.75) is 6.92 Å². The second-order valence-corrected chi connectivity index (χ2v) is 7.19. The van der Waals surface area contributed by atoms with Gasteiger partial charge in [0.1, 0.15) is 16.2 Å². The summed E-state index contributed by atoms with van der Waals surface area (Å²) in [6, 6.07) is 4.80. The first-order chi connectivity index (χ1) is 13.5. The van der Waals surface area contributed by atoms with Crippen LogP contribution in [0, 0.1) is 0 Å². The lowest BCUT2D eigenvalue weighted by molar-refractivity contribution is 0.0960. The third kappa shape index (κ3) is 3.06. The lowest BCUT2D eigenvalue weighted by Crippen LogP contribution is -2.21. The molecule has 4 rings (SSSR count). The van der Waals surface area contributed by atoms with Gasteiger partial charge in [0.2, 0.25) is 12.7 Å². The minimum Gasteiger partial charge on any atom is -0.454 e. The lowest BCUT2D eigenvalue weighted by atomic mass is 10.0. The number of hydrogen-bond donors (Lipinski definition) is 3. The number of oxime groups is 1. The maximum absolute atomic E-state index is 12.2. The molecule has 11 heteroatoms. The van der Waals surface area contributed by atoms with Crippen LogP contribution in [-0.4, -0.2) is 40.1 Å². The van der Waals surface area contributed by atoms with E-state index in [4.69, 9.17) is 26.8 Å². The van der Waals surface area contributed by atoms with Crippen molar-refractivity contribution in [3.8, 4) is 11.5 Å². The molecule has 0 unspecified atom stereocenters. The largest absolute Gasteiger partial charge is 0.454 e. The van der Waals surface area contributed by atoms with Crippen LogP contribution < -0.4 is 20.5 Å². The van der Waals surface area contributed by atoms with Crippen molar-refractivity contribution in [1.82, 2.24) is 15.3 Å². The topological polar surface area (TPSA) is 132 Å². The highest BCUT2D eigenvalue weighted by Gasteiger charge is 2.24. The van der Waals surface area contributed by atoms with Crippen LogP contribution in [0.2, 0.25) is 5.02 Å². The second-order valence-electron chi connectivity index (χ2n) is 5.75. The van der Waals surface area contributed by atoms with Crippen molar-refractivity contribution in [3.05, 3.63) is 39.4 Å². The van der Waals surface area contributed by atoms with Gasteiger partial charge in [0, 0.05) is 23.6 Å². The Balaban J connectivity index is 1.88. The van der Waals surface area contributed by atoms with Crippen molar-refractivity contribution >= 4 is 50.7 Å². The molecule has 4 N–H and O–H groups in total. The zero-order chi connectivity index (χ0) is 19.8. The molecule has 1 amide bonds. The number of nitrogens with zero attached hydrogens (tertiary/aromatic N) is 3. The fourth-order valence-corrected chi connectivity index (χ4v) is 4.00. The van der Waals surface area contributed by atoms with E-state index in [9.17, 15) is 10.0 Å². The molecule has 0 spiro atoms. The molecule has 0 saturated carbocycles. The zero-order valence-corrected chi connectivity index (χ0v) is 16.1. The average molecular weight is 420 g/mol. The Morgan fingerprint density at radius 2 is 2.11 bits per heavy atom. The number of rotatable bonds is 4. The number of fused-ring (bicyclic) bond motifs is 2. The van der Waals surface area contributed by atoms with Crippen molar-refractivity contribution < 1.29 is 19.5 Å². The molecule has 0 saturated heterocycles. The van der Waals surface area contributed by atoms with E-state index in [1.807, 2.05) is 6.92 Å². The number of ether oxygens (including phenoxy) is 2. The van der Waals surface area contributed by atoms with Crippen molar-refractivity contribution in [2.24, 2.45) is 5.16 Å². The molecule has 28 heavy (non-hydrogen) atoms. The highest BCUT2D eigenvalue weighted by molar-refractivity contribution is 7.20. The van der Waals surface area contributed by atoms with E-state index in [1.165, 1.54) is 0 Å². The van der Waals surface area contributed by atoms with Gasteiger partial charge in [0.05, 0.1) is 9.90 Å². The smallest absolute Gasteiger partial charge is 0.261 e. The molecular formula is C17H14ClN5O4S. The molecule has 1 aliphatic rings. The molecule has 0 bridgehead atoms. The van der Waals surface area contributed by atoms with Crippen LogP contribution in [0.25, 0.3) is 10.2 Å². The van der Waals surface area contributed by atoms with Crippen LogP contribution >= 0.6 is 22.9 Å². The summed E-state index contributed by atoms with van der Waals surface area (Å²) < 4.78 is 10.7. The SMILES string of the molecule is CCNC(=O)c1cc2c(C(=NO)c3cc4c(cc3Cl)OCO4)nc(N)nc2s1. The first-order valence-corrected chi connectivity index (χ1v) is 9.38. The molecule has 1 aliphatic heterocycles. The van der Waals surface area contributed by atoms with E-state index in [1.54, 1.807) is 18.2 Å². The third-order valence-corrected chi connectivity index (χ3v) is 5.35. The fourth-order valence-electron chi connectivity index (χ4n) is 2.81. The van der Waals surface area contributed by atoms with Gasteiger partial charge >= 0.3 is 0 Å². The predicted molar refractivity (Wildman–Crippen MR) is 105 cm³/mol. The van der Waals surface area contributed by atoms with Crippen molar-refractivity contribution in [1.29, 1.82) is 0 Å². The number of halogens is 1. The Morgan fingerprint density at radius 3 is 2.82 bits per heavy atom. The number of benzene rings is 1. The van der Waals surface area contributed by atoms with Gasteiger partial charge in [-0.15, -0.1) is 11.3 Å². The van der Waals surface area contributed by atoms with Crippen LogP contribution in [0.5, 0.6) is 11.5 Å². The summed E-state index contributed by atoms with van der Waals surface area (Å²) in [6.07, 6.45) is 0. The summed E-state index contributed by atoms with van der Waals surface area (Å²) in [5.41, 5.74) is 6.53. The Bertz CT molecular complexity index is 1130. The van der Waals surface area contributed by atoms with E-state index in [2.05, 4.69) is 20.4 Å². The first kappa shape index (κ1) is 18.3. The molecule has 0 aliphatic carbocycles. The van der Waals surface area contributed by atoms with Crippen LogP contribution in [0.15, 0.2) is 23.4 Å². The Kier molecular flexibility index (Phi) is 4.65. The summed E-state index contributed by atoms with van der Waals surface area (Å²) in [7, 11) is 0. The highest BCUT2D eigenvalue weighted by atomic mass is 35.5. The van der Waals surface area contributed by atoms with E-state index < -0.39 is 0 Å². The van der Waals surface area contributed by atoms with Crippen molar-refractivity contribution in [2.75, 3.05) is 19.1 Å². The molecule has 2 aromatic heterocycles. The number of nitrogen functional groups attached to an aromatic ring is 1. The van der Waals surface area contributed by atoms with Gasteiger partial charge in [-0.2, -0.15) is 0 Å².